The Hall–Kier alpha value is -3.03. The van der Waals surface area contributed by atoms with E-state index in [1.165, 1.54) is 0 Å². The summed E-state index contributed by atoms with van der Waals surface area (Å²) >= 11 is 8.61. The number of halogens is 1. The lowest BCUT2D eigenvalue weighted by molar-refractivity contribution is 0.0939. The minimum absolute atomic E-state index is 0.108. The number of hydrogen-bond acceptors (Lipinski definition) is 3. The Morgan fingerprint density at radius 2 is 1.60 bits per heavy atom. The number of carbonyl (C=O) groups is 2. The van der Waals surface area contributed by atoms with Crippen LogP contribution in [-0.2, 0) is 0 Å². The lowest BCUT2D eigenvalue weighted by Gasteiger charge is -2.17. The van der Waals surface area contributed by atoms with Gasteiger partial charge in [0, 0.05) is 10.0 Å². The van der Waals surface area contributed by atoms with Crippen LogP contribution in [0, 0.1) is 0 Å². The van der Waals surface area contributed by atoms with Gasteiger partial charge >= 0.3 is 0 Å². The fourth-order valence-electron chi connectivity index (χ4n) is 2.85. The molecule has 0 fully saturated rings. The molecule has 0 aliphatic carbocycles. The molecule has 0 saturated heterocycles. The molecule has 0 radical (unpaired) electrons. The third kappa shape index (κ3) is 5.75. The number of rotatable bonds is 5. The van der Waals surface area contributed by atoms with Gasteiger partial charge in [0.2, 0.25) is 0 Å². The zero-order chi connectivity index (χ0) is 21.5. The lowest BCUT2D eigenvalue weighted by atomic mass is 10.1. The van der Waals surface area contributed by atoms with Crippen molar-refractivity contribution >= 4 is 50.8 Å². The Morgan fingerprint density at radius 3 is 2.33 bits per heavy atom. The number of carbonyl (C=O) groups excluding carboxylic acids is 2. The van der Waals surface area contributed by atoms with E-state index in [1.54, 1.807) is 42.5 Å². The molecule has 1 unspecified atom stereocenters. The second-order valence-electron chi connectivity index (χ2n) is 6.57. The molecule has 3 N–H and O–H groups in total. The molecule has 0 aliphatic rings. The van der Waals surface area contributed by atoms with Crippen LogP contribution in [0.5, 0.6) is 0 Å². The van der Waals surface area contributed by atoms with Crippen molar-refractivity contribution in [3.8, 4) is 0 Å². The van der Waals surface area contributed by atoms with E-state index in [4.69, 9.17) is 12.2 Å². The minimum atomic E-state index is -0.339. The standard InChI is InChI=1S/C23H20BrN3O2S/c1-15(16-8-3-2-4-9-16)25-22(29)19-12-5-6-13-20(19)26-23(30)27-21(28)17-10-7-11-18(24)14-17/h2-15H,1H3,(H,25,29)(H2,26,27,28,30). The Kier molecular flexibility index (Phi) is 7.32. The van der Waals surface area contributed by atoms with Gasteiger partial charge in [-0.2, -0.15) is 0 Å². The molecule has 5 nitrogen and oxygen atoms in total. The van der Waals surface area contributed by atoms with Crippen molar-refractivity contribution in [3.63, 3.8) is 0 Å². The first-order chi connectivity index (χ1) is 14.4. The van der Waals surface area contributed by atoms with E-state index >= 15 is 0 Å². The number of amides is 2. The predicted octanol–water partition coefficient (Wildman–Crippen LogP) is 5.07. The van der Waals surface area contributed by atoms with Gasteiger partial charge in [-0.1, -0.05) is 64.5 Å². The van der Waals surface area contributed by atoms with Crippen LogP contribution in [0.15, 0.2) is 83.3 Å². The maximum absolute atomic E-state index is 12.8. The summed E-state index contributed by atoms with van der Waals surface area (Å²) in [5.74, 6) is -0.580. The van der Waals surface area contributed by atoms with E-state index in [1.807, 2.05) is 43.3 Å². The molecular formula is C23H20BrN3O2S. The summed E-state index contributed by atoms with van der Waals surface area (Å²) in [7, 11) is 0. The van der Waals surface area contributed by atoms with Crippen LogP contribution in [0.25, 0.3) is 0 Å². The summed E-state index contributed by atoms with van der Waals surface area (Å²) in [6.07, 6.45) is 0. The van der Waals surface area contributed by atoms with Gasteiger partial charge in [-0.25, -0.2) is 0 Å². The van der Waals surface area contributed by atoms with Crippen LogP contribution in [0.4, 0.5) is 5.69 Å². The first-order valence-electron chi connectivity index (χ1n) is 9.27. The molecule has 0 saturated carbocycles. The van der Waals surface area contributed by atoms with Crippen LogP contribution in [-0.4, -0.2) is 16.9 Å². The highest BCUT2D eigenvalue weighted by atomic mass is 79.9. The normalized spacial score (nSPS) is 11.3. The minimum Gasteiger partial charge on any atom is -0.345 e. The van der Waals surface area contributed by atoms with Crippen molar-refractivity contribution in [2.24, 2.45) is 0 Å². The lowest BCUT2D eigenvalue weighted by Crippen LogP contribution is -2.35. The number of anilines is 1. The van der Waals surface area contributed by atoms with E-state index in [0.29, 0.717) is 16.8 Å². The molecule has 0 aromatic heterocycles. The topological polar surface area (TPSA) is 70.2 Å². The molecule has 7 heteroatoms. The van der Waals surface area contributed by atoms with E-state index in [2.05, 4.69) is 31.9 Å². The molecule has 1 atom stereocenters. The van der Waals surface area contributed by atoms with Crippen LogP contribution in [0.2, 0.25) is 0 Å². The molecule has 3 aromatic rings. The first kappa shape index (κ1) is 21.7. The van der Waals surface area contributed by atoms with Crippen molar-refractivity contribution < 1.29 is 9.59 Å². The second-order valence-corrected chi connectivity index (χ2v) is 7.89. The summed E-state index contributed by atoms with van der Waals surface area (Å²) in [6, 6.07) is 23.5. The van der Waals surface area contributed by atoms with Crippen molar-refractivity contribution in [1.82, 2.24) is 10.6 Å². The SMILES string of the molecule is CC(NC(=O)c1ccccc1NC(=S)NC(=O)c1cccc(Br)c1)c1ccccc1. The Labute approximate surface area is 189 Å². The first-order valence-corrected chi connectivity index (χ1v) is 10.5. The molecule has 3 aromatic carbocycles. The van der Waals surface area contributed by atoms with Crippen LogP contribution < -0.4 is 16.0 Å². The molecule has 0 aliphatic heterocycles. The highest BCUT2D eigenvalue weighted by molar-refractivity contribution is 9.10. The molecule has 0 heterocycles. The van der Waals surface area contributed by atoms with Crippen molar-refractivity contribution in [1.29, 1.82) is 0 Å². The van der Waals surface area contributed by atoms with Gasteiger partial charge in [0.1, 0.15) is 0 Å². The van der Waals surface area contributed by atoms with Gasteiger partial charge in [0.05, 0.1) is 17.3 Å². The monoisotopic (exact) mass is 481 g/mol. The fraction of sp³-hybridized carbons (Fsp3) is 0.0870. The average molecular weight is 482 g/mol. The van der Waals surface area contributed by atoms with Gasteiger partial charge in [0.15, 0.2) is 5.11 Å². The summed E-state index contributed by atoms with van der Waals surface area (Å²) in [6.45, 7) is 1.92. The van der Waals surface area contributed by atoms with Gasteiger partial charge < -0.3 is 10.6 Å². The quantitative estimate of drug-likeness (QED) is 0.445. The number of nitrogens with one attached hydrogen (secondary N) is 3. The van der Waals surface area contributed by atoms with E-state index in [0.717, 1.165) is 10.0 Å². The van der Waals surface area contributed by atoms with Crippen LogP contribution in [0.1, 0.15) is 39.2 Å². The van der Waals surface area contributed by atoms with Crippen LogP contribution >= 0.6 is 28.1 Å². The molecule has 0 spiro atoms. The average Bonchev–Trinajstić information content (AvgIpc) is 2.74. The fourth-order valence-corrected chi connectivity index (χ4v) is 3.45. The Bertz CT molecular complexity index is 1070. The molecule has 152 valence electrons. The van der Waals surface area contributed by atoms with Crippen molar-refractivity contribution in [3.05, 3.63) is 100 Å². The molecule has 2 amide bonds. The largest absolute Gasteiger partial charge is 0.345 e. The molecule has 0 bridgehead atoms. The Balaban J connectivity index is 1.68. The molecule has 30 heavy (non-hydrogen) atoms. The summed E-state index contributed by atoms with van der Waals surface area (Å²) < 4.78 is 0.795. The third-order valence-electron chi connectivity index (χ3n) is 4.38. The van der Waals surface area contributed by atoms with Crippen LogP contribution in [0.3, 0.4) is 0 Å². The maximum atomic E-state index is 12.8. The second kappa shape index (κ2) is 10.1. The van der Waals surface area contributed by atoms with E-state index < -0.39 is 0 Å². The van der Waals surface area contributed by atoms with Crippen molar-refractivity contribution in [2.75, 3.05) is 5.32 Å². The number of para-hydroxylation sites is 1. The Morgan fingerprint density at radius 1 is 0.900 bits per heavy atom. The number of hydrogen-bond donors (Lipinski definition) is 3. The number of thiocarbonyl (C=S) groups is 1. The summed E-state index contributed by atoms with van der Waals surface area (Å²) in [4.78, 5) is 25.2. The smallest absolute Gasteiger partial charge is 0.257 e. The summed E-state index contributed by atoms with van der Waals surface area (Å²) in [5, 5.41) is 8.67. The molecule has 3 rings (SSSR count). The predicted molar refractivity (Wildman–Crippen MR) is 127 cm³/mol. The van der Waals surface area contributed by atoms with Gasteiger partial charge in [-0.05, 0) is 55.0 Å². The molecular weight excluding hydrogens is 462 g/mol. The van der Waals surface area contributed by atoms with Gasteiger partial charge in [-0.15, -0.1) is 0 Å². The highest BCUT2D eigenvalue weighted by Gasteiger charge is 2.16. The zero-order valence-electron chi connectivity index (χ0n) is 16.2. The third-order valence-corrected chi connectivity index (χ3v) is 5.08. The van der Waals surface area contributed by atoms with Crippen molar-refractivity contribution in [2.45, 2.75) is 13.0 Å². The zero-order valence-corrected chi connectivity index (χ0v) is 18.6. The van der Waals surface area contributed by atoms with Gasteiger partial charge in [0.25, 0.3) is 11.8 Å². The summed E-state index contributed by atoms with van der Waals surface area (Å²) in [5.41, 5.74) is 2.42. The highest BCUT2D eigenvalue weighted by Crippen LogP contribution is 2.18. The maximum Gasteiger partial charge on any atom is 0.257 e. The van der Waals surface area contributed by atoms with E-state index in [9.17, 15) is 9.59 Å². The van der Waals surface area contributed by atoms with Gasteiger partial charge in [-0.3, -0.25) is 14.9 Å². The van der Waals surface area contributed by atoms with E-state index in [-0.39, 0.29) is 23.0 Å². The number of benzene rings is 3.